The molecule has 19 heavy (non-hydrogen) atoms. The summed E-state index contributed by atoms with van der Waals surface area (Å²) in [5.41, 5.74) is 1.71. The lowest BCUT2D eigenvalue weighted by Crippen LogP contribution is -2.54. The van der Waals surface area contributed by atoms with E-state index in [4.69, 9.17) is 0 Å². The summed E-state index contributed by atoms with van der Waals surface area (Å²) in [7, 11) is -1.84. The molecule has 2 aromatic rings. The Kier molecular flexibility index (Phi) is 4.17. The Morgan fingerprint density at radius 1 is 1.00 bits per heavy atom. The zero-order chi connectivity index (χ0) is 13.9. The summed E-state index contributed by atoms with van der Waals surface area (Å²) < 4.78 is 12.6. The monoisotopic (exact) mass is 274 g/mol. The molecule has 0 aromatic heterocycles. The van der Waals surface area contributed by atoms with Gasteiger partial charge in [-0.05, 0) is 16.3 Å². The predicted octanol–water partition coefficient (Wildman–Crippen LogP) is 2.47. The Bertz CT molecular complexity index is 549. The van der Waals surface area contributed by atoms with Gasteiger partial charge in [0, 0.05) is 0 Å². The van der Waals surface area contributed by atoms with Crippen molar-refractivity contribution in [3.63, 3.8) is 0 Å². The van der Waals surface area contributed by atoms with Crippen LogP contribution in [0.15, 0.2) is 48.5 Å². The highest BCUT2D eigenvalue weighted by atomic mass is 28.3. The zero-order valence-electron chi connectivity index (χ0n) is 11.4. The maximum Gasteiger partial charge on any atom is 0.115 e. The Hall–Kier alpha value is -1.45. The number of aliphatic hydroxyl groups excluding tert-OH is 1. The van der Waals surface area contributed by atoms with Crippen LogP contribution in [-0.2, 0) is 13.3 Å². The summed E-state index contributed by atoms with van der Waals surface area (Å²) in [6.07, 6.45) is 0. The third-order valence-electron chi connectivity index (χ3n) is 3.69. The van der Waals surface area contributed by atoms with Crippen LogP contribution in [0.4, 0.5) is 4.39 Å². The topological polar surface area (TPSA) is 20.2 Å². The van der Waals surface area contributed by atoms with Crippen molar-refractivity contribution in [1.82, 2.24) is 0 Å². The first kappa shape index (κ1) is 14.0. The van der Waals surface area contributed by atoms with Crippen LogP contribution in [0.5, 0.6) is 0 Å². The van der Waals surface area contributed by atoms with Crippen molar-refractivity contribution in [3.8, 4) is 0 Å². The van der Waals surface area contributed by atoms with Gasteiger partial charge in [0.1, 0.15) is 14.7 Å². The second-order valence-electron chi connectivity index (χ2n) is 5.27. The molecule has 100 valence electrons. The van der Waals surface area contributed by atoms with Crippen molar-refractivity contribution in [2.45, 2.75) is 26.4 Å². The fourth-order valence-electron chi connectivity index (χ4n) is 2.43. The third-order valence-corrected chi connectivity index (χ3v) is 7.30. The van der Waals surface area contributed by atoms with Crippen molar-refractivity contribution in [3.05, 3.63) is 59.7 Å². The molecule has 0 amide bonds. The molecular formula is C16H19FOSi. The lowest BCUT2D eigenvalue weighted by molar-refractivity contribution is 0.283. The molecule has 2 rings (SSSR count). The first-order valence-corrected chi connectivity index (χ1v) is 9.44. The highest BCUT2D eigenvalue weighted by molar-refractivity contribution is 7.00. The minimum Gasteiger partial charge on any atom is -0.392 e. The van der Waals surface area contributed by atoms with E-state index in [0.717, 1.165) is 5.56 Å². The highest BCUT2D eigenvalue weighted by Crippen LogP contribution is 2.10. The molecule has 0 atom stereocenters. The summed E-state index contributed by atoms with van der Waals surface area (Å²) in [6.45, 7) is 4.16. The molecule has 0 heterocycles. The molecule has 0 fully saturated rings. The quantitative estimate of drug-likeness (QED) is 0.849. The van der Waals surface area contributed by atoms with Crippen LogP contribution in [-0.4, -0.2) is 13.2 Å². The van der Waals surface area contributed by atoms with Gasteiger partial charge in [-0.2, -0.15) is 0 Å². The molecule has 1 nitrogen and oxygen atoms in total. The highest BCUT2D eigenvalue weighted by Gasteiger charge is 2.27. The number of hydrogen-bond donors (Lipinski definition) is 1. The van der Waals surface area contributed by atoms with Crippen LogP contribution in [0.25, 0.3) is 0 Å². The van der Waals surface area contributed by atoms with Crippen LogP contribution < -0.4 is 10.4 Å². The SMILES string of the molecule is C[Si](C)(c1ccc(CF)cc1)c1ccccc1CO. The van der Waals surface area contributed by atoms with Crippen molar-refractivity contribution in [2.75, 3.05) is 0 Å². The molecule has 3 heteroatoms. The van der Waals surface area contributed by atoms with E-state index in [1.165, 1.54) is 10.4 Å². The standard InChI is InChI=1S/C16H19FOSi/c1-19(2,15-9-7-13(11-17)8-10-15)16-6-4-3-5-14(16)12-18/h3-10,18H,11-12H2,1-2H3. The van der Waals surface area contributed by atoms with E-state index >= 15 is 0 Å². The van der Waals surface area contributed by atoms with E-state index in [1.807, 2.05) is 42.5 Å². The summed E-state index contributed by atoms with van der Waals surface area (Å²) in [5, 5.41) is 12.0. The van der Waals surface area contributed by atoms with E-state index in [-0.39, 0.29) is 6.61 Å². The number of halogens is 1. The first-order valence-electron chi connectivity index (χ1n) is 6.44. The molecule has 1 N–H and O–H groups in total. The largest absolute Gasteiger partial charge is 0.392 e. The molecule has 0 aliphatic rings. The summed E-state index contributed by atoms with van der Waals surface area (Å²) in [6, 6.07) is 15.8. The van der Waals surface area contributed by atoms with Gasteiger partial charge in [0.15, 0.2) is 0 Å². The van der Waals surface area contributed by atoms with Gasteiger partial charge >= 0.3 is 0 Å². The molecule has 0 spiro atoms. The number of aliphatic hydroxyl groups is 1. The van der Waals surface area contributed by atoms with Gasteiger partial charge < -0.3 is 5.11 Å². The van der Waals surface area contributed by atoms with E-state index in [9.17, 15) is 9.50 Å². The van der Waals surface area contributed by atoms with E-state index in [0.29, 0.717) is 5.56 Å². The fourth-order valence-corrected chi connectivity index (χ4v) is 5.22. The van der Waals surface area contributed by atoms with Crippen molar-refractivity contribution >= 4 is 18.4 Å². The van der Waals surface area contributed by atoms with Gasteiger partial charge in [-0.1, -0.05) is 66.8 Å². The summed E-state index contributed by atoms with van der Waals surface area (Å²) in [4.78, 5) is 0. The van der Waals surface area contributed by atoms with E-state index < -0.39 is 14.7 Å². The molecule has 0 aliphatic heterocycles. The molecule has 0 saturated heterocycles. The normalized spacial score (nSPS) is 11.6. The smallest absolute Gasteiger partial charge is 0.115 e. The molecule has 0 bridgehead atoms. The summed E-state index contributed by atoms with van der Waals surface area (Å²) >= 11 is 0. The average molecular weight is 274 g/mol. The van der Waals surface area contributed by atoms with Gasteiger partial charge in [0.25, 0.3) is 0 Å². The van der Waals surface area contributed by atoms with Crippen molar-refractivity contribution < 1.29 is 9.50 Å². The Morgan fingerprint density at radius 2 is 1.63 bits per heavy atom. The number of benzene rings is 2. The molecule has 2 aromatic carbocycles. The van der Waals surface area contributed by atoms with Gasteiger partial charge in [0.05, 0.1) is 6.61 Å². The van der Waals surface area contributed by atoms with E-state index in [2.05, 4.69) is 19.2 Å². The Balaban J connectivity index is 2.45. The number of rotatable bonds is 4. The van der Waals surface area contributed by atoms with Gasteiger partial charge in [-0.25, -0.2) is 4.39 Å². The fraction of sp³-hybridized carbons (Fsp3) is 0.250. The lowest BCUT2D eigenvalue weighted by Gasteiger charge is -2.26. The van der Waals surface area contributed by atoms with Crippen molar-refractivity contribution in [2.24, 2.45) is 0 Å². The maximum atomic E-state index is 12.6. The van der Waals surface area contributed by atoms with Crippen LogP contribution in [0.2, 0.25) is 13.1 Å². The van der Waals surface area contributed by atoms with Crippen LogP contribution in [0.1, 0.15) is 11.1 Å². The third kappa shape index (κ3) is 2.77. The minimum atomic E-state index is -1.84. The van der Waals surface area contributed by atoms with Gasteiger partial charge in [0.2, 0.25) is 0 Å². The minimum absolute atomic E-state index is 0.0646. The number of hydrogen-bond acceptors (Lipinski definition) is 1. The molecule has 0 unspecified atom stereocenters. The maximum absolute atomic E-state index is 12.6. The summed E-state index contributed by atoms with van der Waals surface area (Å²) in [5.74, 6) is 0. The Labute approximate surface area is 114 Å². The number of alkyl halides is 1. The molecule has 0 radical (unpaired) electrons. The second kappa shape index (κ2) is 5.68. The lowest BCUT2D eigenvalue weighted by atomic mass is 10.2. The van der Waals surface area contributed by atoms with Crippen molar-refractivity contribution in [1.29, 1.82) is 0 Å². The van der Waals surface area contributed by atoms with Gasteiger partial charge in [-0.3, -0.25) is 0 Å². The molecule has 0 saturated carbocycles. The predicted molar refractivity (Wildman–Crippen MR) is 80.4 cm³/mol. The first-order chi connectivity index (χ1) is 9.09. The Morgan fingerprint density at radius 3 is 2.21 bits per heavy atom. The van der Waals surface area contributed by atoms with E-state index in [1.54, 1.807) is 0 Å². The van der Waals surface area contributed by atoms with Crippen LogP contribution in [0, 0.1) is 0 Å². The van der Waals surface area contributed by atoms with Crippen LogP contribution in [0.3, 0.4) is 0 Å². The average Bonchev–Trinajstić information content (AvgIpc) is 2.47. The molecular weight excluding hydrogens is 255 g/mol. The van der Waals surface area contributed by atoms with Crippen LogP contribution >= 0.6 is 0 Å². The molecule has 0 aliphatic carbocycles. The van der Waals surface area contributed by atoms with Gasteiger partial charge in [-0.15, -0.1) is 0 Å². The zero-order valence-corrected chi connectivity index (χ0v) is 12.4. The second-order valence-corrected chi connectivity index (χ2v) is 9.64.